The number of rotatable bonds is 5. The number of carbonyl (C=O) groups is 1. The van der Waals surface area contributed by atoms with E-state index in [9.17, 15) is 4.79 Å². The average Bonchev–Trinajstić information content (AvgIpc) is 3.19. The van der Waals surface area contributed by atoms with E-state index in [1.54, 1.807) is 6.20 Å². The highest BCUT2D eigenvalue weighted by atomic mass is 16.2. The van der Waals surface area contributed by atoms with Crippen LogP contribution in [0.5, 0.6) is 0 Å². The lowest BCUT2D eigenvalue weighted by Crippen LogP contribution is -2.41. The molecule has 0 spiro atoms. The van der Waals surface area contributed by atoms with Gasteiger partial charge in [0.15, 0.2) is 0 Å². The normalized spacial score (nSPS) is 18.1. The van der Waals surface area contributed by atoms with Crippen molar-refractivity contribution >= 4 is 5.91 Å². The van der Waals surface area contributed by atoms with Gasteiger partial charge in [0.1, 0.15) is 0 Å². The molecule has 2 aromatic heterocycles. The molecule has 1 saturated heterocycles. The summed E-state index contributed by atoms with van der Waals surface area (Å²) in [4.78, 5) is 14.9. The van der Waals surface area contributed by atoms with Crippen LogP contribution in [0.4, 0.5) is 0 Å². The Kier molecular flexibility index (Phi) is 5.25. The van der Waals surface area contributed by atoms with Gasteiger partial charge in [0.25, 0.3) is 0 Å². The van der Waals surface area contributed by atoms with Gasteiger partial charge in [-0.3, -0.25) is 14.2 Å². The first-order valence-electron chi connectivity index (χ1n) is 9.25. The Hall–Kier alpha value is -2.11. The zero-order valence-corrected chi connectivity index (χ0v) is 15.8. The zero-order chi connectivity index (χ0) is 18.0. The summed E-state index contributed by atoms with van der Waals surface area (Å²) in [6.45, 7) is 10.9. The lowest BCUT2D eigenvalue weighted by molar-refractivity contribution is -0.132. The van der Waals surface area contributed by atoms with Gasteiger partial charge in [0, 0.05) is 43.3 Å². The van der Waals surface area contributed by atoms with Gasteiger partial charge >= 0.3 is 0 Å². The number of nitrogens with zero attached hydrogens (tertiary/aromatic N) is 5. The molecule has 2 aromatic rings. The van der Waals surface area contributed by atoms with E-state index in [0.29, 0.717) is 18.4 Å². The minimum absolute atomic E-state index is 0.201. The summed E-state index contributed by atoms with van der Waals surface area (Å²) < 4.78 is 4.03. The molecule has 3 rings (SSSR count). The molecular weight excluding hydrogens is 314 g/mol. The topological polar surface area (TPSA) is 56.0 Å². The van der Waals surface area contributed by atoms with Gasteiger partial charge in [-0.2, -0.15) is 10.2 Å². The Morgan fingerprint density at radius 1 is 1.36 bits per heavy atom. The lowest BCUT2D eigenvalue weighted by Gasteiger charge is -2.33. The Morgan fingerprint density at radius 2 is 2.16 bits per heavy atom. The van der Waals surface area contributed by atoms with Crippen LogP contribution in [0, 0.1) is 19.8 Å². The molecule has 136 valence electrons. The predicted molar refractivity (Wildman–Crippen MR) is 97.3 cm³/mol. The van der Waals surface area contributed by atoms with E-state index in [-0.39, 0.29) is 5.91 Å². The van der Waals surface area contributed by atoms with Gasteiger partial charge in [0.2, 0.25) is 5.91 Å². The van der Waals surface area contributed by atoms with E-state index in [1.165, 1.54) is 0 Å². The summed E-state index contributed by atoms with van der Waals surface area (Å²) in [5, 5.41) is 8.98. The van der Waals surface area contributed by atoms with Gasteiger partial charge in [-0.05, 0) is 38.7 Å². The number of carbonyl (C=O) groups excluding carboxylic acids is 1. The Morgan fingerprint density at radius 3 is 2.84 bits per heavy atom. The zero-order valence-electron chi connectivity index (χ0n) is 15.8. The number of amides is 1. The number of aryl methyl sites for hydroxylation is 1. The van der Waals surface area contributed by atoms with Gasteiger partial charge in [-0.15, -0.1) is 0 Å². The maximum atomic E-state index is 12.9. The fraction of sp³-hybridized carbons (Fsp3) is 0.632. The van der Waals surface area contributed by atoms with E-state index in [4.69, 9.17) is 0 Å². The highest BCUT2D eigenvalue weighted by molar-refractivity contribution is 5.79. The number of piperidine rings is 1. The average molecular weight is 343 g/mol. The largest absolute Gasteiger partial charge is 0.340 e. The van der Waals surface area contributed by atoms with E-state index in [0.717, 1.165) is 49.4 Å². The van der Waals surface area contributed by atoms with Crippen molar-refractivity contribution in [3.63, 3.8) is 0 Å². The number of likely N-dealkylation sites (tertiary alicyclic amines) is 1. The molecule has 0 N–H and O–H groups in total. The molecule has 1 atom stereocenters. The summed E-state index contributed by atoms with van der Waals surface area (Å²) >= 11 is 0. The first-order valence-corrected chi connectivity index (χ1v) is 9.25. The van der Waals surface area contributed by atoms with Crippen LogP contribution in [-0.2, 0) is 17.8 Å². The fourth-order valence-corrected chi connectivity index (χ4v) is 3.67. The summed E-state index contributed by atoms with van der Waals surface area (Å²) in [6, 6.07) is 2.23. The van der Waals surface area contributed by atoms with Crippen LogP contribution in [0.15, 0.2) is 18.5 Å². The third-order valence-electron chi connectivity index (χ3n) is 5.05. The molecule has 1 aliphatic rings. The van der Waals surface area contributed by atoms with Gasteiger partial charge in [-0.1, -0.05) is 13.8 Å². The maximum Gasteiger partial charge on any atom is 0.227 e. The Bertz CT molecular complexity index is 717. The number of hydrogen-bond donors (Lipinski definition) is 0. The van der Waals surface area contributed by atoms with Crippen LogP contribution in [0.3, 0.4) is 0 Å². The van der Waals surface area contributed by atoms with Crippen molar-refractivity contribution in [2.45, 2.75) is 59.5 Å². The molecule has 0 aliphatic carbocycles. The molecule has 0 saturated carbocycles. The minimum Gasteiger partial charge on any atom is -0.340 e. The van der Waals surface area contributed by atoms with Crippen molar-refractivity contribution in [3.05, 3.63) is 35.4 Å². The molecule has 1 unspecified atom stereocenters. The molecule has 0 aromatic carbocycles. The first-order chi connectivity index (χ1) is 12.0. The van der Waals surface area contributed by atoms with Crippen LogP contribution in [-0.4, -0.2) is 43.5 Å². The first kappa shape index (κ1) is 17.7. The number of aromatic nitrogens is 4. The van der Waals surface area contributed by atoms with E-state index in [1.807, 2.05) is 33.5 Å². The summed E-state index contributed by atoms with van der Waals surface area (Å²) in [7, 11) is 0. The molecule has 0 radical (unpaired) electrons. The second-order valence-electron chi connectivity index (χ2n) is 7.52. The third-order valence-corrected chi connectivity index (χ3v) is 5.05. The highest BCUT2D eigenvalue weighted by Crippen LogP contribution is 2.22. The van der Waals surface area contributed by atoms with Crippen LogP contribution >= 0.6 is 0 Å². The smallest absolute Gasteiger partial charge is 0.227 e. The van der Waals surface area contributed by atoms with Gasteiger partial charge in [0.05, 0.1) is 18.2 Å². The quantitative estimate of drug-likeness (QED) is 0.839. The summed E-state index contributed by atoms with van der Waals surface area (Å²) in [6.07, 6.45) is 6.34. The van der Waals surface area contributed by atoms with E-state index < -0.39 is 0 Å². The minimum atomic E-state index is 0.201. The molecule has 6 heteroatoms. The van der Waals surface area contributed by atoms with Gasteiger partial charge in [-0.25, -0.2) is 0 Å². The second kappa shape index (κ2) is 7.42. The van der Waals surface area contributed by atoms with Crippen molar-refractivity contribution in [2.24, 2.45) is 5.92 Å². The Balaban J connectivity index is 1.69. The van der Waals surface area contributed by atoms with Crippen molar-refractivity contribution < 1.29 is 4.79 Å². The molecule has 0 bridgehead atoms. The molecule has 1 fully saturated rings. The van der Waals surface area contributed by atoms with Crippen LogP contribution in [0.25, 0.3) is 0 Å². The second-order valence-corrected chi connectivity index (χ2v) is 7.52. The molecule has 6 nitrogen and oxygen atoms in total. The van der Waals surface area contributed by atoms with Crippen molar-refractivity contribution in [2.75, 3.05) is 13.1 Å². The maximum absolute atomic E-state index is 12.9. The lowest BCUT2D eigenvalue weighted by atomic mass is 10.0. The number of hydrogen-bond acceptors (Lipinski definition) is 3. The molecule has 1 aliphatic heterocycles. The molecular formula is C19H29N5O. The highest BCUT2D eigenvalue weighted by Gasteiger charge is 2.26. The Labute approximate surface area is 149 Å². The third kappa shape index (κ3) is 3.94. The molecule has 1 amide bonds. The van der Waals surface area contributed by atoms with Gasteiger partial charge < -0.3 is 4.90 Å². The molecule has 25 heavy (non-hydrogen) atoms. The van der Waals surface area contributed by atoms with Crippen molar-refractivity contribution in [3.8, 4) is 0 Å². The monoisotopic (exact) mass is 343 g/mol. The molecule has 3 heterocycles. The van der Waals surface area contributed by atoms with Crippen molar-refractivity contribution in [1.29, 1.82) is 0 Å². The van der Waals surface area contributed by atoms with E-state index in [2.05, 4.69) is 31.0 Å². The summed E-state index contributed by atoms with van der Waals surface area (Å²) in [5.41, 5.74) is 3.19. The summed E-state index contributed by atoms with van der Waals surface area (Å²) in [5.74, 6) is 0.741. The van der Waals surface area contributed by atoms with E-state index >= 15 is 0 Å². The standard InChI is InChI=1S/C19H29N5O/c1-14(2)12-24-16(4)18(15(3)21-24)11-19(25)22-9-5-7-17(13-22)23-10-6-8-20-23/h6,8,10,14,17H,5,7,9,11-13H2,1-4H3. The van der Waals surface area contributed by atoms with Crippen LogP contribution in [0.1, 0.15) is 49.7 Å². The van der Waals surface area contributed by atoms with Crippen molar-refractivity contribution in [1.82, 2.24) is 24.5 Å². The van der Waals surface area contributed by atoms with Crippen LogP contribution < -0.4 is 0 Å². The van der Waals surface area contributed by atoms with Crippen LogP contribution in [0.2, 0.25) is 0 Å². The fourth-order valence-electron chi connectivity index (χ4n) is 3.67. The predicted octanol–water partition coefficient (Wildman–Crippen LogP) is 2.76. The SMILES string of the molecule is Cc1nn(CC(C)C)c(C)c1CC(=O)N1CCCC(n2cccn2)C1.